The van der Waals surface area contributed by atoms with Gasteiger partial charge in [0.05, 0.1) is 14.2 Å². The Morgan fingerprint density at radius 2 is 1.08 bits per heavy atom. The van der Waals surface area contributed by atoms with Crippen LogP contribution in [-0.2, 0) is 9.78 Å². The summed E-state index contributed by atoms with van der Waals surface area (Å²) in [6.07, 6.45) is 3.57. The molecule has 0 unspecified atom stereocenters. The second-order valence-corrected chi connectivity index (χ2v) is 6.84. The summed E-state index contributed by atoms with van der Waals surface area (Å²) in [5.41, 5.74) is 2.32. The van der Waals surface area contributed by atoms with Gasteiger partial charge in [0, 0.05) is 0 Å². The molecule has 1 heterocycles. The number of rotatable bonds is 4. The van der Waals surface area contributed by atoms with Gasteiger partial charge in [0.1, 0.15) is 23.7 Å². The Hall–Kier alpha value is -2.04. The van der Waals surface area contributed by atoms with Crippen molar-refractivity contribution in [3.8, 4) is 11.5 Å². The Labute approximate surface area is 148 Å². The van der Waals surface area contributed by atoms with Crippen LogP contribution in [0.4, 0.5) is 0 Å². The fourth-order valence-corrected chi connectivity index (χ4v) is 4.22. The Kier molecular flexibility index (Phi) is 4.64. The summed E-state index contributed by atoms with van der Waals surface area (Å²) in [7, 11) is 3.36. The van der Waals surface area contributed by atoms with Crippen molar-refractivity contribution in [3.63, 3.8) is 0 Å². The molecule has 2 fully saturated rings. The predicted molar refractivity (Wildman–Crippen MR) is 94.5 cm³/mol. The van der Waals surface area contributed by atoms with E-state index in [1.165, 1.54) is 19.3 Å². The van der Waals surface area contributed by atoms with Crippen LogP contribution in [-0.4, -0.2) is 14.2 Å². The lowest BCUT2D eigenvalue weighted by Gasteiger charge is -2.38. The number of hydrogen-bond acceptors (Lipinski definition) is 4. The minimum Gasteiger partial charge on any atom is -0.497 e. The first-order chi connectivity index (χ1) is 12.3. The molecule has 1 aliphatic carbocycles. The van der Waals surface area contributed by atoms with Gasteiger partial charge in [-0.05, 0) is 60.1 Å². The molecule has 0 bridgehead atoms. The maximum absolute atomic E-state index is 5.90. The molecule has 4 rings (SSSR count). The summed E-state index contributed by atoms with van der Waals surface area (Å²) < 4.78 is 10.5. The Balaban J connectivity index is 1.56. The quantitative estimate of drug-likeness (QED) is 0.745. The van der Waals surface area contributed by atoms with Crippen molar-refractivity contribution in [2.75, 3.05) is 14.2 Å². The van der Waals surface area contributed by atoms with E-state index in [2.05, 4.69) is 24.3 Å². The van der Waals surface area contributed by atoms with Crippen LogP contribution in [0, 0.1) is 11.8 Å². The van der Waals surface area contributed by atoms with Crippen molar-refractivity contribution >= 4 is 0 Å². The lowest BCUT2D eigenvalue weighted by atomic mass is 9.81. The highest BCUT2D eigenvalue weighted by Gasteiger charge is 2.45. The average molecular weight is 340 g/mol. The molecule has 2 aromatic rings. The molecule has 0 spiro atoms. The number of fused-ring (bicyclic) bond motifs is 1. The minimum atomic E-state index is -0.00657. The fraction of sp³-hybridized carbons (Fsp3) is 0.429. The molecular weight excluding hydrogens is 316 g/mol. The molecule has 25 heavy (non-hydrogen) atoms. The van der Waals surface area contributed by atoms with Gasteiger partial charge in [0.2, 0.25) is 0 Å². The fourth-order valence-electron chi connectivity index (χ4n) is 4.22. The highest BCUT2D eigenvalue weighted by atomic mass is 17.2. The minimum absolute atomic E-state index is 0.00657. The zero-order valence-corrected chi connectivity index (χ0v) is 14.7. The Bertz CT molecular complexity index is 633. The first-order valence-electron chi connectivity index (χ1n) is 8.90. The summed E-state index contributed by atoms with van der Waals surface area (Å²) in [6.45, 7) is 0. The molecule has 4 atom stereocenters. The predicted octanol–water partition coefficient (Wildman–Crippen LogP) is 4.86. The van der Waals surface area contributed by atoms with Gasteiger partial charge in [-0.3, -0.25) is 0 Å². The van der Waals surface area contributed by atoms with E-state index >= 15 is 0 Å². The van der Waals surface area contributed by atoms with Crippen LogP contribution in [0.25, 0.3) is 0 Å². The Morgan fingerprint density at radius 1 is 0.680 bits per heavy atom. The lowest BCUT2D eigenvalue weighted by molar-refractivity contribution is -0.405. The average Bonchev–Trinajstić information content (AvgIpc) is 3.17. The van der Waals surface area contributed by atoms with Crippen LogP contribution in [0.15, 0.2) is 48.5 Å². The highest BCUT2D eigenvalue weighted by Crippen LogP contribution is 2.52. The number of methoxy groups -OCH3 is 2. The van der Waals surface area contributed by atoms with Gasteiger partial charge in [0.25, 0.3) is 0 Å². The van der Waals surface area contributed by atoms with Crippen LogP contribution in [0.1, 0.15) is 42.6 Å². The van der Waals surface area contributed by atoms with Gasteiger partial charge < -0.3 is 9.47 Å². The van der Waals surface area contributed by atoms with Crippen molar-refractivity contribution in [2.24, 2.45) is 11.8 Å². The zero-order valence-electron chi connectivity index (χ0n) is 14.7. The first kappa shape index (κ1) is 16.4. The molecule has 1 aliphatic heterocycles. The summed E-state index contributed by atoms with van der Waals surface area (Å²) in [5, 5.41) is 0. The van der Waals surface area contributed by atoms with Crippen molar-refractivity contribution in [2.45, 2.75) is 31.5 Å². The summed E-state index contributed by atoms with van der Waals surface area (Å²) in [6, 6.07) is 16.3. The molecule has 0 amide bonds. The van der Waals surface area contributed by atoms with E-state index in [0.29, 0.717) is 11.8 Å². The van der Waals surface area contributed by atoms with Crippen molar-refractivity contribution in [1.29, 1.82) is 0 Å². The van der Waals surface area contributed by atoms with Gasteiger partial charge in [-0.2, -0.15) is 0 Å². The van der Waals surface area contributed by atoms with Crippen LogP contribution < -0.4 is 9.47 Å². The SMILES string of the molecule is COc1ccc([C@H]2OO[C@H](c3ccc(OC)cc3)[C@H]3CCC[C@@H]32)cc1. The van der Waals surface area contributed by atoms with Crippen molar-refractivity contribution in [1.82, 2.24) is 0 Å². The van der Waals surface area contributed by atoms with E-state index in [1.807, 2.05) is 24.3 Å². The van der Waals surface area contributed by atoms with Crippen LogP contribution >= 0.6 is 0 Å². The van der Waals surface area contributed by atoms with Crippen LogP contribution in [0.3, 0.4) is 0 Å². The molecule has 4 nitrogen and oxygen atoms in total. The summed E-state index contributed by atoms with van der Waals surface area (Å²) in [4.78, 5) is 11.8. The van der Waals surface area contributed by atoms with E-state index in [1.54, 1.807) is 14.2 Å². The molecule has 1 saturated heterocycles. The van der Waals surface area contributed by atoms with Crippen LogP contribution in [0.5, 0.6) is 11.5 Å². The topological polar surface area (TPSA) is 36.9 Å². The largest absolute Gasteiger partial charge is 0.497 e. The van der Waals surface area contributed by atoms with E-state index < -0.39 is 0 Å². The smallest absolute Gasteiger partial charge is 0.121 e. The van der Waals surface area contributed by atoms with Crippen molar-refractivity contribution < 1.29 is 19.2 Å². The number of ether oxygens (including phenoxy) is 2. The molecule has 0 N–H and O–H groups in total. The van der Waals surface area contributed by atoms with E-state index in [0.717, 1.165) is 22.6 Å². The molecule has 1 saturated carbocycles. The molecule has 4 heteroatoms. The lowest BCUT2D eigenvalue weighted by Crippen LogP contribution is -2.32. The second kappa shape index (κ2) is 7.06. The molecular formula is C21H24O4. The maximum Gasteiger partial charge on any atom is 0.121 e. The van der Waals surface area contributed by atoms with Gasteiger partial charge in [-0.25, -0.2) is 9.78 Å². The molecule has 0 aromatic heterocycles. The third-order valence-corrected chi connectivity index (χ3v) is 5.55. The first-order valence-corrected chi connectivity index (χ1v) is 8.90. The summed E-state index contributed by atoms with van der Waals surface area (Å²) >= 11 is 0. The third kappa shape index (κ3) is 3.12. The Morgan fingerprint density at radius 3 is 1.44 bits per heavy atom. The maximum atomic E-state index is 5.90. The second-order valence-electron chi connectivity index (χ2n) is 6.84. The standard InChI is InChI=1S/C21H24O4/c1-22-16-10-6-14(7-11-16)20-18-4-3-5-19(18)21(25-24-20)15-8-12-17(23-2)13-9-15/h6-13,18-21H,3-5H2,1-2H3/t18-,19-,20+,21+/m0/s1. The molecule has 132 valence electrons. The zero-order chi connectivity index (χ0) is 17.2. The van der Waals surface area contributed by atoms with E-state index in [9.17, 15) is 0 Å². The summed E-state index contributed by atoms with van der Waals surface area (Å²) in [5.74, 6) is 2.68. The van der Waals surface area contributed by atoms with Gasteiger partial charge in [-0.15, -0.1) is 0 Å². The normalized spacial score (nSPS) is 28.4. The van der Waals surface area contributed by atoms with Gasteiger partial charge in [-0.1, -0.05) is 30.7 Å². The van der Waals surface area contributed by atoms with Crippen LogP contribution in [0.2, 0.25) is 0 Å². The van der Waals surface area contributed by atoms with E-state index in [4.69, 9.17) is 19.2 Å². The van der Waals surface area contributed by atoms with Crippen molar-refractivity contribution in [3.05, 3.63) is 59.7 Å². The van der Waals surface area contributed by atoms with E-state index in [-0.39, 0.29) is 12.2 Å². The molecule has 2 aromatic carbocycles. The number of benzene rings is 2. The highest BCUT2D eigenvalue weighted by molar-refractivity contribution is 5.31. The molecule has 2 aliphatic rings. The number of hydrogen-bond donors (Lipinski definition) is 0. The van der Waals surface area contributed by atoms with Gasteiger partial charge in [0.15, 0.2) is 0 Å². The molecule has 0 radical (unpaired) electrons. The monoisotopic (exact) mass is 340 g/mol. The van der Waals surface area contributed by atoms with Gasteiger partial charge >= 0.3 is 0 Å². The third-order valence-electron chi connectivity index (χ3n) is 5.55.